The van der Waals surface area contributed by atoms with Gasteiger partial charge in [-0.3, -0.25) is 9.59 Å². The highest BCUT2D eigenvalue weighted by atomic mass is 16.2. The molecule has 0 saturated carbocycles. The van der Waals surface area contributed by atoms with E-state index >= 15 is 0 Å². The largest absolute Gasteiger partial charge is 0.335 e. The summed E-state index contributed by atoms with van der Waals surface area (Å²) in [5.41, 5.74) is 0.487. The lowest BCUT2D eigenvalue weighted by molar-refractivity contribution is -0.133. The van der Waals surface area contributed by atoms with Crippen LogP contribution in [0.4, 0.5) is 0 Å². The van der Waals surface area contributed by atoms with Gasteiger partial charge in [-0.25, -0.2) is 14.7 Å². The second-order valence-corrected chi connectivity index (χ2v) is 7.08. The van der Waals surface area contributed by atoms with E-state index < -0.39 is 0 Å². The summed E-state index contributed by atoms with van der Waals surface area (Å²) in [7, 11) is 0. The fourth-order valence-corrected chi connectivity index (χ4v) is 3.53. The summed E-state index contributed by atoms with van der Waals surface area (Å²) < 4.78 is 1.93. The Kier molecular flexibility index (Phi) is 4.87. The molecule has 2 aliphatic rings. The third kappa shape index (κ3) is 3.57. The Hall–Kier alpha value is -2.25. The van der Waals surface area contributed by atoms with Crippen molar-refractivity contribution in [3.8, 4) is 0 Å². The van der Waals surface area contributed by atoms with Crippen molar-refractivity contribution in [2.75, 3.05) is 13.1 Å². The standard InChI is InChI=1S/C17H26N6O2/c1-11(2)22-16(24)8-7-15(20-22)17(25)21-9-5-6-14(10-21)23-13(4)18-12(3)19-23/h11,14H,5-10H2,1-4H3. The molecule has 0 aromatic carbocycles. The zero-order valence-electron chi connectivity index (χ0n) is 15.4. The van der Waals surface area contributed by atoms with Crippen LogP contribution in [0, 0.1) is 13.8 Å². The molecular weight excluding hydrogens is 320 g/mol. The Morgan fingerprint density at radius 1 is 1.24 bits per heavy atom. The van der Waals surface area contributed by atoms with Gasteiger partial charge in [0.05, 0.1) is 6.04 Å². The molecule has 8 nitrogen and oxygen atoms in total. The van der Waals surface area contributed by atoms with Crippen LogP contribution in [0.25, 0.3) is 0 Å². The average Bonchev–Trinajstić information content (AvgIpc) is 2.93. The number of likely N-dealkylation sites (tertiary alicyclic amines) is 1. The van der Waals surface area contributed by atoms with Crippen molar-refractivity contribution in [3.05, 3.63) is 11.6 Å². The number of nitrogens with zero attached hydrogens (tertiary/aromatic N) is 6. The Labute approximate surface area is 147 Å². The lowest BCUT2D eigenvalue weighted by Crippen LogP contribution is -2.47. The van der Waals surface area contributed by atoms with Crippen LogP contribution in [0.3, 0.4) is 0 Å². The Morgan fingerprint density at radius 2 is 2.00 bits per heavy atom. The number of amides is 2. The van der Waals surface area contributed by atoms with Crippen LogP contribution < -0.4 is 0 Å². The van der Waals surface area contributed by atoms with Crippen molar-refractivity contribution >= 4 is 17.5 Å². The van der Waals surface area contributed by atoms with Crippen LogP contribution in [0.5, 0.6) is 0 Å². The molecule has 2 aliphatic heterocycles. The molecule has 0 radical (unpaired) electrons. The van der Waals surface area contributed by atoms with Gasteiger partial charge in [-0.05, 0) is 40.5 Å². The summed E-state index contributed by atoms with van der Waals surface area (Å²) in [5.74, 6) is 1.56. The van der Waals surface area contributed by atoms with Gasteiger partial charge >= 0.3 is 0 Å². The van der Waals surface area contributed by atoms with Crippen molar-refractivity contribution in [1.29, 1.82) is 0 Å². The monoisotopic (exact) mass is 346 g/mol. The first-order valence-corrected chi connectivity index (χ1v) is 8.95. The van der Waals surface area contributed by atoms with Crippen molar-refractivity contribution in [2.24, 2.45) is 5.10 Å². The number of carbonyl (C=O) groups excluding carboxylic acids is 2. The summed E-state index contributed by atoms with van der Waals surface area (Å²) in [5, 5.41) is 10.2. The molecule has 0 N–H and O–H groups in total. The lowest BCUT2D eigenvalue weighted by Gasteiger charge is -2.34. The maximum absolute atomic E-state index is 12.9. The maximum atomic E-state index is 12.9. The summed E-state index contributed by atoms with van der Waals surface area (Å²) >= 11 is 0. The molecule has 0 aliphatic carbocycles. The molecule has 1 fully saturated rings. The first-order chi connectivity index (χ1) is 11.9. The highest BCUT2D eigenvalue weighted by Gasteiger charge is 2.32. The summed E-state index contributed by atoms with van der Waals surface area (Å²) in [6.45, 7) is 8.96. The van der Waals surface area contributed by atoms with E-state index in [1.807, 2.05) is 37.3 Å². The molecule has 0 bridgehead atoms. The van der Waals surface area contributed by atoms with E-state index in [0.717, 1.165) is 31.0 Å². The Bertz CT molecular complexity index is 708. The van der Waals surface area contributed by atoms with Gasteiger partial charge in [0.2, 0.25) is 5.91 Å². The topological polar surface area (TPSA) is 83.7 Å². The van der Waals surface area contributed by atoms with Crippen molar-refractivity contribution < 1.29 is 9.59 Å². The van der Waals surface area contributed by atoms with Crippen LogP contribution in [0.15, 0.2) is 5.10 Å². The molecule has 2 amide bonds. The van der Waals surface area contributed by atoms with Crippen LogP contribution >= 0.6 is 0 Å². The number of carbonyl (C=O) groups is 2. The molecule has 0 spiro atoms. The SMILES string of the molecule is Cc1nc(C)n(C2CCCN(C(=O)C3=NN(C(C)C)C(=O)CC3)C2)n1. The van der Waals surface area contributed by atoms with Gasteiger partial charge in [0.25, 0.3) is 5.91 Å². The molecule has 1 atom stereocenters. The zero-order valence-corrected chi connectivity index (χ0v) is 15.4. The highest BCUT2D eigenvalue weighted by molar-refractivity contribution is 6.39. The first-order valence-electron chi connectivity index (χ1n) is 8.95. The summed E-state index contributed by atoms with van der Waals surface area (Å²) in [4.78, 5) is 31.0. The molecule has 3 heterocycles. The van der Waals surface area contributed by atoms with Crippen LogP contribution in [0.2, 0.25) is 0 Å². The number of piperidine rings is 1. The molecule has 136 valence electrons. The number of hydrogen-bond acceptors (Lipinski definition) is 5. The number of aromatic nitrogens is 3. The minimum atomic E-state index is -0.0580. The van der Waals surface area contributed by atoms with E-state index in [9.17, 15) is 9.59 Å². The third-order valence-electron chi connectivity index (χ3n) is 4.73. The van der Waals surface area contributed by atoms with Crippen LogP contribution in [0.1, 0.15) is 57.2 Å². The van der Waals surface area contributed by atoms with Crippen molar-refractivity contribution in [3.63, 3.8) is 0 Å². The second-order valence-electron chi connectivity index (χ2n) is 7.08. The smallest absolute Gasteiger partial charge is 0.270 e. The highest BCUT2D eigenvalue weighted by Crippen LogP contribution is 2.23. The number of aryl methyl sites for hydroxylation is 2. The van der Waals surface area contributed by atoms with E-state index in [2.05, 4.69) is 15.2 Å². The van der Waals surface area contributed by atoms with Gasteiger partial charge in [0.15, 0.2) is 0 Å². The van der Waals surface area contributed by atoms with E-state index in [1.165, 1.54) is 5.01 Å². The molecule has 1 saturated heterocycles. The molecule has 3 rings (SSSR count). The number of rotatable bonds is 3. The molecule has 25 heavy (non-hydrogen) atoms. The second kappa shape index (κ2) is 6.93. The minimum Gasteiger partial charge on any atom is -0.335 e. The molecular formula is C17H26N6O2. The average molecular weight is 346 g/mol. The van der Waals surface area contributed by atoms with Gasteiger partial charge < -0.3 is 4.90 Å². The Morgan fingerprint density at radius 3 is 2.64 bits per heavy atom. The van der Waals surface area contributed by atoms with E-state index in [0.29, 0.717) is 25.1 Å². The van der Waals surface area contributed by atoms with Gasteiger partial charge in [-0.15, -0.1) is 0 Å². The zero-order chi connectivity index (χ0) is 18.1. The molecule has 1 aromatic rings. The summed E-state index contributed by atoms with van der Waals surface area (Å²) in [6.07, 6.45) is 2.68. The normalized spacial score (nSPS) is 21.7. The van der Waals surface area contributed by atoms with Crippen LogP contribution in [-0.4, -0.2) is 61.3 Å². The third-order valence-corrected chi connectivity index (χ3v) is 4.73. The fourth-order valence-electron chi connectivity index (χ4n) is 3.53. The molecule has 1 unspecified atom stereocenters. The van der Waals surface area contributed by atoms with Gasteiger partial charge in [0, 0.05) is 32.0 Å². The minimum absolute atomic E-state index is 0.0169. The molecule has 1 aromatic heterocycles. The van der Waals surface area contributed by atoms with Crippen LogP contribution in [-0.2, 0) is 9.59 Å². The Balaban J connectivity index is 1.75. The van der Waals surface area contributed by atoms with E-state index in [1.54, 1.807) is 0 Å². The first kappa shape index (κ1) is 17.6. The van der Waals surface area contributed by atoms with Gasteiger partial charge in [0.1, 0.15) is 17.4 Å². The van der Waals surface area contributed by atoms with E-state index in [-0.39, 0.29) is 23.9 Å². The van der Waals surface area contributed by atoms with E-state index in [4.69, 9.17) is 0 Å². The van der Waals surface area contributed by atoms with Crippen molar-refractivity contribution in [1.82, 2.24) is 24.7 Å². The fraction of sp³-hybridized carbons (Fsp3) is 0.706. The van der Waals surface area contributed by atoms with Crippen molar-refractivity contribution in [2.45, 2.75) is 65.5 Å². The van der Waals surface area contributed by atoms with Gasteiger partial charge in [-0.1, -0.05) is 0 Å². The maximum Gasteiger partial charge on any atom is 0.270 e. The lowest BCUT2D eigenvalue weighted by atomic mass is 10.0. The quantitative estimate of drug-likeness (QED) is 0.829. The van der Waals surface area contributed by atoms with Gasteiger partial charge in [-0.2, -0.15) is 10.2 Å². The summed E-state index contributed by atoms with van der Waals surface area (Å²) in [6, 6.07) is 0.108. The number of hydrazone groups is 1. The molecule has 8 heteroatoms. The predicted molar refractivity (Wildman–Crippen MR) is 93.0 cm³/mol. The predicted octanol–water partition coefficient (Wildman–Crippen LogP) is 1.45. The number of hydrogen-bond donors (Lipinski definition) is 0.